The number of hydrogen-bond acceptors (Lipinski definition) is 5. The molecule has 0 radical (unpaired) electrons. The van der Waals surface area contributed by atoms with Crippen molar-refractivity contribution in [3.05, 3.63) is 23.3 Å². The second-order valence-corrected chi connectivity index (χ2v) is 13.5. The first-order valence-corrected chi connectivity index (χ1v) is 13.6. The van der Waals surface area contributed by atoms with Crippen molar-refractivity contribution in [1.29, 1.82) is 0 Å². The lowest BCUT2D eigenvalue weighted by Gasteiger charge is -2.77. The Bertz CT molecular complexity index is 883. The summed E-state index contributed by atoms with van der Waals surface area (Å²) in [5, 5.41) is 34.0. The van der Waals surface area contributed by atoms with E-state index >= 15 is 0 Å². The van der Waals surface area contributed by atoms with Gasteiger partial charge in [0.15, 0.2) is 0 Å². The molecule has 0 unspecified atom stereocenters. The lowest BCUT2D eigenvalue weighted by atomic mass is 9.32. The van der Waals surface area contributed by atoms with Crippen LogP contribution in [-0.4, -0.2) is 70.4 Å². The van der Waals surface area contributed by atoms with Crippen molar-refractivity contribution < 1.29 is 20.1 Å². The van der Waals surface area contributed by atoms with E-state index in [2.05, 4.69) is 38.7 Å². The maximum atomic E-state index is 12.5. The van der Waals surface area contributed by atoms with Crippen LogP contribution in [0.25, 0.3) is 0 Å². The summed E-state index contributed by atoms with van der Waals surface area (Å²) in [6.07, 6.45) is 10.6. The number of allylic oxidation sites excluding steroid dienone is 1. The molecule has 0 aromatic rings. The molecule has 0 aromatic heterocycles. The zero-order chi connectivity index (χ0) is 24.7. The van der Waals surface area contributed by atoms with Crippen LogP contribution < -0.4 is 0 Å². The Labute approximate surface area is 206 Å². The van der Waals surface area contributed by atoms with Crippen molar-refractivity contribution in [2.75, 3.05) is 26.8 Å². The van der Waals surface area contributed by atoms with E-state index in [4.69, 9.17) is 4.74 Å². The smallest absolute Gasteiger partial charge is 0.100 e. The lowest BCUT2D eigenvalue weighted by Crippen LogP contribution is -2.82. The van der Waals surface area contributed by atoms with Gasteiger partial charge in [-0.3, -0.25) is 4.90 Å². The SMILES string of the molecule is CO[C@@]12CC[C@@]3(C[C@@H]1[C@](C)(O)C(C)(C)C)[C@H]1CC(/C=C\CO)=C(C)[C@@]3(CCN1CC1CC1)[C@H]2O. The molecule has 1 saturated heterocycles. The van der Waals surface area contributed by atoms with E-state index in [1.807, 2.05) is 13.0 Å². The average Bonchev–Trinajstić information content (AvgIpc) is 3.60. The standard InChI is InChI=1S/C29H47NO4/c1-19-21(8-7-15-31)16-23-27-11-12-29(34-6,22(17-27)26(5,33)25(2,3)4)24(32)28(19,27)13-14-30(23)18-20-9-10-20/h7-8,20,22-24,31-33H,9-18H2,1-6H3/b8-7-/t22-,23-,24-,26+,27-,28+,29+/m1/s1. The number of methoxy groups -OCH3 is 1. The van der Waals surface area contributed by atoms with Crippen molar-refractivity contribution in [2.45, 2.75) is 103 Å². The van der Waals surface area contributed by atoms with Gasteiger partial charge in [0, 0.05) is 31.0 Å². The Morgan fingerprint density at radius 3 is 2.44 bits per heavy atom. The van der Waals surface area contributed by atoms with Gasteiger partial charge in [0.25, 0.3) is 0 Å². The number of aliphatic hydroxyl groups is 3. The minimum Gasteiger partial charge on any atom is -0.392 e. The molecule has 1 spiro atoms. The molecule has 5 nitrogen and oxygen atoms in total. The molecule has 0 amide bonds. The van der Waals surface area contributed by atoms with Crippen molar-refractivity contribution in [3.8, 4) is 0 Å². The monoisotopic (exact) mass is 473 g/mol. The zero-order valence-corrected chi connectivity index (χ0v) is 22.2. The minimum absolute atomic E-state index is 0.0342. The fourth-order valence-electron chi connectivity index (χ4n) is 8.99. The first-order valence-electron chi connectivity index (χ1n) is 13.6. The Morgan fingerprint density at radius 1 is 1.15 bits per heavy atom. The topological polar surface area (TPSA) is 73.2 Å². The third kappa shape index (κ3) is 3.03. The second-order valence-electron chi connectivity index (χ2n) is 13.5. The highest BCUT2D eigenvalue weighted by atomic mass is 16.5. The molecule has 5 aliphatic carbocycles. The first kappa shape index (κ1) is 25.0. The molecular formula is C29H47NO4. The molecule has 5 fully saturated rings. The second kappa shape index (κ2) is 7.89. The minimum atomic E-state index is -0.969. The summed E-state index contributed by atoms with van der Waals surface area (Å²) in [7, 11) is 1.75. The normalized spacial score (nSPS) is 44.4. The molecule has 1 heterocycles. The van der Waals surface area contributed by atoms with E-state index in [1.54, 1.807) is 7.11 Å². The Hall–Kier alpha value is -0.720. The molecule has 0 aromatic carbocycles. The molecule has 1 aliphatic heterocycles. The number of likely N-dealkylation sites (tertiary alicyclic amines) is 1. The van der Waals surface area contributed by atoms with Gasteiger partial charge in [-0.15, -0.1) is 0 Å². The van der Waals surface area contributed by atoms with E-state index in [1.165, 1.54) is 24.0 Å². The number of piperidine rings is 1. The molecule has 4 saturated carbocycles. The van der Waals surface area contributed by atoms with Gasteiger partial charge >= 0.3 is 0 Å². The maximum Gasteiger partial charge on any atom is 0.100 e. The number of aliphatic hydroxyl groups excluding tert-OH is 2. The van der Waals surface area contributed by atoms with Gasteiger partial charge in [-0.1, -0.05) is 38.5 Å². The Balaban J connectivity index is 1.69. The van der Waals surface area contributed by atoms with Gasteiger partial charge in [0.2, 0.25) is 0 Å². The molecule has 4 bridgehead atoms. The highest BCUT2D eigenvalue weighted by Crippen LogP contribution is 2.76. The number of nitrogens with zero attached hydrogens (tertiary/aromatic N) is 1. The molecular weight excluding hydrogens is 426 g/mol. The molecule has 6 aliphatic rings. The molecule has 192 valence electrons. The highest BCUT2D eigenvalue weighted by Gasteiger charge is 2.78. The summed E-state index contributed by atoms with van der Waals surface area (Å²) < 4.78 is 6.37. The van der Waals surface area contributed by atoms with E-state index in [9.17, 15) is 15.3 Å². The molecule has 7 atom stereocenters. The number of ether oxygens (including phenoxy) is 1. The van der Waals surface area contributed by atoms with Crippen LogP contribution in [0, 0.1) is 28.1 Å². The third-order valence-electron chi connectivity index (χ3n) is 11.6. The summed E-state index contributed by atoms with van der Waals surface area (Å²) in [5.74, 6) is 0.684. The van der Waals surface area contributed by atoms with E-state index < -0.39 is 17.3 Å². The van der Waals surface area contributed by atoms with Crippen LogP contribution in [-0.2, 0) is 4.74 Å². The van der Waals surface area contributed by atoms with Gasteiger partial charge < -0.3 is 20.1 Å². The van der Waals surface area contributed by atoms with Gasteiger partial charge in [-0.05, 0) is 87.7 Å². The van der Waals surface area contributed by atoms with Crippen LogP contribution in [0.1, 0.15) is 79.6 Å². The van der Waals surface area contributed by atoms with Gasteiger partial charge in [-0.2, -0.15) is 0 Å². The molecule has 3 N–H and O–H groups in total. The van der Waals surface area contributed by atoms with E-state index in [0.29, 0.717) is 6.04 Å². The fraction of sp³-hybridized carbons (Fsp3) is 0.862. The van der Waals surface area contributed by atoms with Crippen molar-refractivity contribution >= 4 is 0 Å². The summed E-state index contributed by atoms with van der Waals surface area (Å²) >= 11 is 0. The van der Waals surface area contributed by atoms with Crippen LogP contribution in [0.4, 0.5) is 0 Å². The predicted octanol–water partition coefficient (Wildman–Crippen LogP) is 4.07. The maximum absolute atomic E-state index is 12.5. The first-order chi connectivity index (χ1) is 15.9. The van der Waals surface area contributed by atoms with E-state index in [0.717, 1.165) is 51.1 Å². The summed E-state index contributed by atoms with van der Waals surface area (Å²) in [4.78, 5) is 2.75. The predicted molar refractivity (Wildman–Crippen MR) is 134 cm³/mol. The molecule has 6 rings (SSSR count). The van der Waals surface area contributed by atoms with Gasteiger partial charge in [0.1, 0.15) is 5.60 Å². The summed E-state index contributed by atoms with van der Waals surface area (Å²) in [6.45, 7) is 12.8. The lowest BCUT2D eigenvalue weighted by molar-refractivity contribution is -0.338. The number of rotatable bonds is 6. The van der Waals surface area contributed by atoms with Crippen molar-refractivity contribution in [2.24, 2.45) is 28.1 Å². The van der Waals surface area contributed by atoms with Crippen LogP contribution in [0.3, 0.4) is 0 Å². The number of fused-ring (bicyclic) bond motifs is 2. The molecule has 5 heteroatoms. The largest absolute Gasteiger partial charge is 0.392 e. The average molecular weight is 474 g/mol. The fourth-order valence-corrected chi connectivity index (χ4v) is 8.99. The van der Waals surface area contributed by atoms with Crippen molar-refractivity contribution in [1.82, 2.24) is 4.90 Å². The van der Waals surface area contributed by atoms with Crippen LogP contribution >= 0.6 is 0 Å². The number of hydrogen-bond donors (Lipinski definition) is 3. The Kier molecular flexibility index (Phi) is 5.79. The van der Waals surface area contributed by atoms with Crippen LogP contribution in [0.5, 0.6) is 0 Å². The highest BCUT2D eigenvalue weighted by molar-refractivity contribution is 5.44. The van der Waals surface area contributed by atoms with Crippen molar-refractivity contribution in [3.63, 3.8) is 0 Å². The summed E-state index contributed by atoms with van der Waals surface area (Å²) in [5.41, 5.74) is 0.102. The zero-order valence-electron chi connectivity index (χ0n) is 22.2. The Morgan fingerprint density at radius 2 is 1.85 bits per heavy atom. The van der Waals surface area contributed by atoms with Crippen LogP contribution in [0.2, 0.25) is 0 Å². The molecule has 34 heavy (non-hydrogen) atoms. The quantitative estimate of drug-likeness (QED) is 0.542. The third-order valence-corrected chi connectivity index (χ3v) is 11.6. The van der Waals surface area contributed by atoms with Crippen LogP contribution in [0.15, 0.2) is 23.3 Å². The summed E-state index contributed by atoms with van der Waals surface area (Å²) in [6, 6.07) is 0.354. The van der Waals surface area contributed by atoms with Gasteiger partial charge in [0.05, 0.1) is 18.3 Å². The van der Waals surface area contributed by atoms with Gasteiger partial charge in [-0.25, -0.2) is 0 Å². The van der Waals surface area contributed by atoms with E-state index in [-0.39, 0.29) is 28.8 Å².